The molecule has 18 heavy (non-hydrogen) atoms. The van der Waals surface area contributed by atoms with Gasteiger partial charge in [-0.3, -0.25) is 4.90 Å². The molecule has 106 valence electrons. The average Bonchev–Trinajstić information content (AvgIpc) is 2.32. The van der Waals surface area contributed by atoms with Crippen LogP contribution >= 0.6 is 0 Å². The third-order valence-corrected chi connectivity index (χ3v) is 4.65. The number of likely N-dealkylation sites (tertiary alicyclic amines) is 1. The average molecular weight is 254 g/mol. The molecule has 2 aliphatic heterocycles. The number of ether oxygens (including phenoxy) is 1. The second-order valence-electron chi connectivity index (χ2n) is 6.66. The van der Waals surface area contributed by atoms with Crippen LogP contribution in [0.1, 0.15) is 40.0 Å². The summed E-state index contributed by atoms with van der Waals surface area (Å²) < 4.78 is 5.30. The van der Waals surface area contributed by atoms with Crippen LogP contribution in [0.15, 0.2) is 0 Å². The summed E-state index contributed by atoms with van der Waals surface area (Å²) in [7, 11) is 0. The minimum atomic E-state index is 0.359. The summed E-state index contributed by atoms with van der Waals surface area (Å²) in [5.41, 5.74) is 0.359. The molecule has 0 bridgehead atoms. The van der Waals surface area contributed by atoms with E-state index in [4.69, 9.17) is 4.74 Å². The van der Waals surface area contributed by atoms with Gasteiger partial charge in [0.2, 0.25) is 0 Å². The number of nitrogens with one attached hydrogen (secondary N) is 1. The van der Waals surface area contributed by atoms with E-state index >= 15 is 0 Å². The Balaban J connectivity index is 1.73. The molecule has 2 fully saturated rings. The van der Waals surface area contributed by atoms with E-state index < -0.39 is 0 Å². The highest BCUT2D eigenvalue weighted by molar-refractivity contribution is 4.89. The summed E-state index contributed by atoms with van der Waals surface area (Å²) in [6.45, 7) is 13.9. The van der Waals surface area contributed by atoms with Crippen molar-refractivity contribution < 1.29 is 4.74 Å². The Morgan fingerprint density at radius 2 is 1.83 bits per heavy atom. The van der Waals surface area contributed by atoms with Crippen LogP contribution in [0.2, 0.25) is 0 Å². The monoisotopic (exact) mass is 254 g/mol. The lowest BCUT2D eigenvalue weighted by atomic mass is 9.85. The summed E-state index contributed by atoms with van der Waals surface area (Å²) >= 11 is 0. The Bertz CT molecular complexity index is 243. The smallest absolute Gasteiger partial charge is 0.0517 e. The fraction of sp³-hybridized carbons (Fsp3) is 1.00. The fourth-order valence-electron chi connectivity index (χ4n) is 3.33. The van der Waals surface area contributed by atoms with Crippen LogP contribution in [-0.4, -0.2) is 49.8 Å². The van der Waals surface area contributed by atoms with Crippen molar-refractivity contribution in [3.05, 3.63) is 0 Å². The van der Waals surface area contributed by atoms with Crippen LogP contribution < -0.4 is 5.32 Å². The molecule has 0 aromatic rings. The van der Waals surface area contributed by atoms with E-state index in [2.05, 4.69) is 31.0 Å². The van der Waals surface area contributed by atoms with Crippen molar-refractivity contribution in [1.82, 2.24) is 10.2 Å². The summed E-state index contributed by atoms with van der Waals surface area (Å²) in [5, 5.41) is 3.49. The summed E-state index contributed by atoms with van der Waals surface area (Å²) in [6, 6.07) is 0. The van der Waals surface area contributed by atoms with E-state index in [1.54, 1.807) is 0 Å². The van der Waals surface area contributed by atoms with Crippen molar-refractivity contribution in [2.75, 3.05) is 39.4 Å². The quantitative estimate of drug-likeness (QED) is 0.786. The van der Waals surface area contributed by atoms with E-state index in [1.165, 1.54) is 38.9 Å². The van der Waals surface area contributed by atoms with Crippen LogP contribution in [0, 0.1) is 11.8 Å². The third kappa shape index (κ3) is 3.69. The van der Waals surface area contributed by atoms with Gasteiger partial charge in [-0.15, -0.1) is 0 Å². The Morgan fingerprint density at radius 3 is 2.33 bits per heavy atom. The molecule has 0 aromatic heterocycles. The minimum Gasteiger partial charge on any atom is -0.381 e. The summed E-state index contributed by atoms with van der Waals surface area (Å²) in [5.74, 6) is 1.70. The van der Waals surface area contributed by atoms with Gasteiger partial charge in [0.1, 0.15) is 0 Å². The van der Waals surface area contributed by atoms with Crippen molar-refractivity contribution in [3.8, 4) is 0 Å². The molecule has 3 nitrogen and oxygen atoms in total. The number of hydrogen-bond acceptors (Lipinski definition) is 3. The van der Waals surface area contributed by atoms with Gasteiger partial charge in [-0.1, -0.05) is 6.92 Å². The van der Waals surface area contributed by atoms with Gasteiger partial charge >= 0.3 is 0 Å². The molecular weight excluding hydrogens is 224 g/mol. The van der Waals surface area contributed by atoms with Gasteiger partial charge in [-0.05, 0) is 65.2 Å². The third-order valence-electron chi connectivity index (χ3n) is 4.65. The topological polar surface area (TPSA) is 24.5 Å². The van der Waals surface area contributed by atoms with Crippen molar-refractivity contribution in [3.63, 3.8) is 0 Å². The predicted octanol–water partition coefficient (Wildman–Crippen LogP) is 2.12. The lowest BCUT2D eigenvalue weighted by Gasteiger charge is -2.45. The molecule has 1 N–H and O–H groups in total. The van der Waals surface area contributed by atoms with Crippen molar-refractivity contribution >= 4 is 0 Å². The molecule has 2 rings (SSSR count). The Hall–Kier alpha value is -0.120. The van der Waals surface area contributed by atoms with E-state index in [1.807, 2.05) is 0 Å². The van der Waals surface area contributed by atoms with Gasteiger partial charge in [0.25, 0.3) is 0 Å². The Morgan fingerprint density at radius 1 is 1.17 bits per heavy atom. The molecule has 0 amide bonds. The maximum Gasteiger partial charge on any atom is 0.0517 e. The number of nitrogens with zero attached hydrogens (tertiary/aromatic N) is 1. The molecule has 0 aliphatic carbocycles. The highest BCUT2D eigenvalue weighted by atomic mass is 16.5. The lowest BCUT2D eigenvalue weighted by Crippen LogP contribution is -2.51. The van der Waals surface area contributed by atoms with E-state index in [0.29, 0.717) is 5.54 Å². The van der Waals surface area contributed by atoms with Crippen LogP contribution in [-0.2, 0) is 4.74 Å². The number of piperidine rings is 1. The van der Waals surface area contributed by atoms with Crippen LogP contribution in [0.5, 0.6) is 0 Å². The molecule has 0 radical (unpaired) electrons. The number of hydrogen-bond donors (Lipinski definition) is 1. The molecule has 2 heterocycles. The predicted molar refractivity (Wildman–Crippen MR) is 75.8 cm³/mol. The largest absolute Gasteiger partial charge is 0.381 e. The molecule has 0 spiro atoms. The van der Waals surface area contributed by atoms with Crippen molar-refractivity contribution in [2.24, 2.45) is 11.8 Å². The molecule has 0 saturated carbocycles. The maximum absolute atomic E-state index is 5.30. The highest BCUT2D eigenvalue weighted by Crippen LogP contribution is 2.31. The van der Waals surface area contributed by atoms with Gasteiger partial charge in [-0.2, -0.15) is 0 Å². The molecule has 3 heteroatoms. The lowest BCUT2D eigenvalue weighted by molar-refractivity contribution is -0.0625. The van der Waals surface area contributed by atoms with E-state index in [-0.39, 0.29) is 0 Å². The van der Waals surface area contributed by atoms with Gasteiger partial charge < -0.3 is 10.1 Å². The molecule has 0 unspecified atom stereocenters. The fourth-order valence-corrected chi connectivity index (χ4v) is 3.33. The van der Waals surface area contributed by atoms with Gasteiger partial charge in [0, 0.05) is 11.5 Å². The molecule has 2 saturated heterocycles. The Kier molecular flexibility index (Phi) is 5.05. The standard InChI is InChI=1S/C15H30N2O/c1-4-16-10-13-5-7-17(8-6-13)15(2,3)9-14-11-18-12-14/h13-14,16H,4-12H2,1-3H3. The van der Waals surface area contributed by atoms with Gasteiger partial charge in [-0.25, -0.2) is 0 Å². The molecule has 0 aromatic carbocycles. The maximum atomic E-state index is 5.30. The summed E-state index contributed by atoms with van der Waals surface area (Å²) in [6.07, 6.45) is 4.01. The zero-order valence-corrected chi connectivity index (χ0v) is 12.4. The second-order valence-corrected chi connectivity index (χ2v) is 6.66. The SMILES string of the molecule is CCNCC1CCN(C(C)(C)CC2COC2)CC1. The van der Waals surface area contributed by atoms with Crippen LogP contribution in [0.4, 0.5) is 0 Å². The first-order chi connectivity index (χ1) is 8.62. The van der Waals surface area contributed by atoms with Crippen molar-refractivity contribution in [1.29, 1.82) is 0 Å². The number of rotatable bonds is 6. The second kappa shape index (κ2) is 6.36. The normalized spacial score (nSPS) is 24.2. The zero-order chi connectivity index (χ0) is 13.0. The van der Waals surface area contributed by atoms with Gasteiger partial charge in [0.05, 0.1) is 13.2 Å². The first-order valence-electron chi connectivity index (χ1n) is 7.65. The first kappa shape index (κ1) is 14.3. The highest BCUT2D eigenvalue weighted by Gasteiger charge is 2.34. The first-order valence-corrected chi connectivity index (χ1v) is 7.65. The van der Waals surface area contributed by atoms with E-state index in [0.717, 1.165) is 31.6 Å². The zero-order valence-electron chi connectivity index (χ0n) is 12.4. The van der Waals surface area contributed by atoms with Gasteiger partial charge in [0.15, 0.2) is 0 Å². The minimum absolute atomic E-state index is 0.359. The van der Waals surface area contributed by atoms with Crippen LogP contribution in [0.3, 0.4) is 0 Å². The Labute approximate surface area is 112 Å². The molecule has 0 atom stereocenters. The molecule has 2 aliphatic rings. The van der Waals surface area contributed by atoms with Crippen LogP contribution in [0.25, 0.3) is 0 Å². The van der Waals surface area contributed by atoms with Crippen molar-refractivity contribution in [2.45, 2.75) is 45.6 Å². The van der Waals surface area contributed by atoms with E-state index in [9.17, 15) is 0 Å². The summed E-state index contributed by atoms with van der Waals surface area (Å²) in [4.78, 5) is 2.70. The molecular formula is C15H30N2O.